The molecule has 0 fully saturated rings. The second kappa shape index (κ2) is 9.44. The molecule has 0 saturated heterocycles. The minimum atomic E-state index is -0.645. The van der Waals surface area contributed by atoms with Crippen molar-refractivity contribution in [2.24, 2.45) is 5.92 Å². The molecule has 2 aliphatic rings. The number of hydrogen-bond donors (Lipinski definition) is 1. The van der Waals surface area contributed by atoms with Crippen molar-refractivity contribution in [3.05, 3.63) is 44.6 Å². The fourth-order valence-electron chi connectivity index (χ4n) is 4.67. The van der Waals surface area contributed by atoms with Gasteiger partial charge in [-0.3, -0.25) is 14.5 Å². The topological polar surface area (TPSA) is 95.3 Å². The normalized spacial score (nSPS) is 18.9. The third-order valence-corrected chi connectivity index (χ3v) is 8.47. The van der Waals surface area contributed by atoms with Gasteiger partial charge in [-0.2, -0.15) is 5.26 Å². The molecule has 1 aliphatic heterocycles. The van der Waals surface area contributed by atoms with Crippen LogP contribution in [0.3, 0.4) is 0 Å². The van der Waals surface area contributed by atoms with Crippen molar-refractivity contribution in [2.75, 3.05) is 16.8 Å². The maximum absolute atomic E-state index is 13.2. The van der Waals surface area contributed by atoms with E-state index in [1.54, 1.807) is 11.3 Å². The average Bonchev–Trinajstić information content (AvgIpc) is 3.42. The number of rotatable bonds is 5. The zero-order chi connectivity index (χ0) is 24.7. The molecule has 1 aliphatic carbocycles. The molecule has 35 heavy (non-hydrogen) atoms. The molecule has 7 nitrogen and oxygen atoms in total. The molecule has 2 amide bonds. The first-order valence-electron chi connectivity index (χ1n) is 11.8. The number of nitriles is 1. The van der Waals surface area contributed by atoms with E-state index in [4.69, 9.17) is 4.74 Å². The Morgan fingerprint density at radius 2 is 2.23 bits per heavy atom. The largest absolute Gasteiger partial charge is 0.478 e. The van der Waals surface area contributed by atoms with Gasteiger partial charge in [-0.15, -0.1) is 22.7 Å². The molecule has 5 rings (SSSR count). The molecule has 1 aromatic carbocycles. The summed E-state index contributed by atoms with van der Waals surface area (Å²) < 4.78 is 5.94. The number of benzene rings is 1. The van der Waals surface area contributed by atoms with Crippen LogP contribution in [-0.4, -0.2) is 29.4 Å². The highest BCUT2D eigenvalue weighted by Gasteiger charge is 2.35. The second-order valence-corrected chi connectivity index (χ2v) is 11.3. The number of amides is 2. The Balaban J connectivity index is 1.43. The Bertz CT molecular complexity index is 1350. The first-order valence-corrected chi connectivity index (χ1v) is 13.5. The van der Waals surface area contributed by atoms with Crippen LogP contribution < -0.4 is 15.0 Å². The number of carbonyl (C=O) groups is 2. The van der Waals surface area contributed by atoms with Crippen molar-refractivity contribution in [1.29, 1.82) is 5.26 Å². The molecule has 3 heterocycles. The number of anilines is 2. The standard InChI is InChI=1S/C26H26N4O3S2/c1-4-21-26(32)30(20-10-16(6-8-22(20)33-21)19-13-34-15(3)28-19)12-24(31)29-25-18(11-27)17-7-5-14(2)9-23(17)35-25/h6,8,10,13-14,21H,4-5,7,9,12H2,1-3H3,(H,29,31). The number of thiophene rings is 1. The molecule has 9 heteroatoms. The summed E-state index contributed by atoms with van der Waals surface area (Å²) in [6, 6.07) is 7.89. The van der Waals surface area contributed by atoms with Gasteiger partial charge in [-0.05, 0) is 62.3 Å². The third-order valence-electron chi connectivity index (χ3n) is 6.52. The average molecular weight is 507 g/mol. The lowest BCUT2D eigenvalue weighted by atomic mass is 9.89. The van der Waals surface area contributed by atoms with Crippen molar-refractivity contribution >= 4 is 45.2 Å². The molecule has 0 spiro atoms. The molecule has 2 atom stereocenters. The maximum atomic E-state index is 13.2. The lowest BCUT2D eigenvalue weighted by molar-refractivity contribution is -0.128. The van der Waals surface area contributed by atoms with Gasteiger partial charge in [0, 0.05) is 15.8 Å². The Morgan fingerprint density at radius 1 is 1.40 bits per heavy atom. The van der Waals surface area contributed by atoms with Gasteiger partial charge in [0.05, 0.1) is 22.0 Å². The van der Waals surface area contributed by atoms with Crippen LogP contribution in [0.15, 0.2) is 23.6 Å². The van der Waals surface area contributed by atoms with Crippen LogP contribution in [0.25, 0.3) is 11.3 Å². The van der Waals surface area contributed by atoms with E-state index in [9.17, 15) is 14.9 Å². The van der Waals surface area contributed by atoms with Gasteiger partial charge < -0.3 is 10.1 Å². The second-order valence-electron chi connectivity index (χ2n) is 9.09. The molecule has 3 aromatic rings. The number of aryl methyl sites for hydroxylation is 1. The van der Waals surface area contributed by atoms with Gasteiger partial charge in [0.25, 0.3) is 5.91 Å². The Hall–Kier alpha value is -3.22. The summed E-state index contributed by atoms with van der Waals surface area (Å²) in [6.45, 7) is 5.88. The summed E-state index contributed by atoms with van der Waals surface area (Å²) in [7, 11) is 0. The summed E-state index contributed by atoms with van der Waals surface area (Å²) >= 11 is 3.04. The first kappa shape index (κ1) is 23.5. The number of fused-ring (bicyclic) bond motifs is 2. The zero-order valence-corrected chi connectivity index (χ0v) is 21.5. The van der Waals surface area contributed by atoms with Crippen LogP contribution in [0.1, 0.15) is 47.7 Å². The Labute approximate surface area is 212 Å². The summed E-state index contributed by atoms with van der Waals surface area (Å²) in [5.74, 6) is 0.555. The van der Waals surface area contributed by atoms with Gasteiger partial charge in [-0.25, -0.2) is 4.98 Å². The summed E-state index contributed by atoms with van der Waals surface area (Å²) in [6.07, 6.45) is 2.68. The SMILES string of the molecule is CCC1Oc2ccc(-c3csc(C)n3)cc2N(CC(=O)Nc2sc3c(c2C#N)CCC(C)C3)C1=O. The van der Waals surface area contributed by atoms with Crippen LogP contribution >= 0.6 is 22.7 Å². The number of aromatic nitrogens is 1. The van der Waals surface area contributed by atoms with Gasteiger partial charge in [0.1, 0.15) is 23.4 Å². The van der Waals surface area contributed by atoms with Crippen molar-refractivity contribution in [3.8, 4) is 23.1 Å². The summed E-state index contributed by atoms with van der Waals surface area (Å²) in [4.78, 5) is 33.6. The van der Waals surface area contributed by atoms with Crippen LogP contribution in [0.5, 0.6) is 5.75 Å². The quantitative estimate of drug-likeness (QED) is 0.505. The predicted molar refractivity (Wildman–Crippen MR) is 138 cm³/mol. The molecule has 180 valence electrons. The highest BCUT2D eigenvalue weighted by Crippen LogP contribution is 2.40. The summed E-state index contributed by atoms with van der Waals surface area (Å²) in [5.41, 5.74) is 3.86. The van der Waals surface area contributed by atoms with Crippen LogP contribution in [0, 0.1) is 24.2 Å². The fraction of sp³-hybridized carbons (Fsp3) is 0.385. The smallest absolute Gasteiger partial charge is 0.268 e. The fourth-order valence-corrected chi connectivity index (χ4v) is 6.67. The summed E-state index contributed by atoms with van der Waals surface area (Å²) in [5, 5.41) is 16.2. The van der Waals surface area contributed by atoms with Crippen molar-refractivity contribution in [2.45, 2.75) is 52.6 Å². The molecule has 2 aromatic heterocycles. The van der Waals surface area contributed by atoms with Gasteiger partial charge in [0.2, 0.25) is 5.91 Å². The third kappa shape index (κ3) is 4.44. The molecule has 0 radical (unpaired) electrons. The molecule has 0 bridgehead atoms. The number of nitrogens with one attached hydrogen (secondary N) is 1. The molecule has 2 unspecified atom stereocenters. The van der Waals surface area contributed by atoms with Crippen molar-refractivity contribution in [3.63, 3.8) is 0 Å². The van der Waals surface area contributed by atoms with Gasteiger partial charge in [0.15, 0.2) is 6.10 Å². The number of nitrogens with zero attached hydrogens (tertiary/aromatic N) is 3. The number of carbonyl (C=O) groups excluding carboxylic acids is 2. The van der Waals surface area contributed by atoms with E-state index in [0.717, 1.165) is 41.1 Å². The molecule has 1 N–H and O–H groups in total. The lowest BCUT2D eigenvalue weighted by Gasteiger charge is -2.34. The van der Waals surface area contributed by atoms with Crippen molar-refractivity contribution < 1.29 is 14.3 Å². The lowest BCUT2D eigenvalue weighted by Crippen LogP contribution is -2.48. The van der Waals surface area contributed by atoms with E-state index in [1.807, 2.05) is 37.4 Å². The number of hydrogen-bond acceptors (Lipinski definition) is 7. The first-order chi connectivity index (χ1) is 16.9. The number of ether oxygens (including phenoxy) is 1. The van der Waals surface area contributed by atoms with E-state index in [0.29, 0.717) is 34.3 Å². The monoisotopic (exact) mass is 506 g/mol. The van der Waals surface area contributed by atoms with E-state index < -0.39 is 6.10 Å². The zero-order valence-electron chi connectivity index (χ0n) is 19.9. The van der Waals surface area contributed by atoms with Crippen LogP contribution in [0.4, 0.5) is 10.7 Å². The minimum absolute atomic E-state index is 0.158. The predicted octanol–water partition coefficient (Wildman–Crippen LogP) is 5.32. The Morgan fingerprint density at radius 3 is 2.94 bits per heavy atom. The van der Waals surface area contributed by atoms with Crippen LogP contribution in [0.2, 0.25) is 0 Å². The van der Waals surface area contributed by atoms with E-state index in [2.05, 4.69) is 23.3 Å². The maximum Gasteiger partial charge on any atom is 0.268 e. The van der Waals surface area contributed by atoms with E-state index >= 15 is 0 Å². The highest BCUT2D eigenvalue weighted by molar-refractivity contribution is 7.16. The van der Waals surface area contributed by atoms with E-state index in [-0.39, 0.29) is 18.4 Å². The Kier molecular flexibility index (Phi) is 6.34. The number of thiazole rings is 1. The van der Waals surface area contributed by atoms with Gasteiger partial charge >= 0.3 is 0 Å². The molecular formula is C26H26N4O3S2. The van der Waals surface area contributed by atoms with Crippen LogP contribution in [-0.2, 0) is 22.4 Å². The minimum Gasteiger partial charge on any atom is -0.478 e. The molecule has 0 saturated carbocycles. The van der Waals surface area contributed by atoms with Crippen molar-refractivity contribution in [1.82, 2.24) is 4.98 Å². The van der Waals surface area contributed by atoms with E-state index in [1.165, 1.54) is 21.1 Å². The van der Waals surface area contributed by atoms with Gasteiger partial charge in [-0.1, -0.05) is 13.8 Å². The molecular weight excluding hydrogens is 480 g/mol. The highest BCUT2D eigenvalue weighted by atomic mass is 32.1.